The predicted octanol–water partition coefficient (Wildman–Crippen LogP) is 1.62. The first kappa shape index (κ1) is 15.2. The van der Waals surface area contributed by atoms with Gasteiger partial charge < -0.3 is 14.6 Å². The van der Waals surface area contributed by atoms with Crippen LogP contribution in [-0.2, 0) is 11.3 Å². The highest BCUT2D eigenvalue weighted by Crippen LogP contribution is 2.23. The van der Waals surface area contributed by atoms with Crippen LogP contribution in [0.3, 0.4) is 0 Å². The standard InChI is InChI=1S/C15H22FNO3/c1-19-5-6-20-15-4-2-3-12(7-15)9-17-10-13(16)8-14(17)11-18/h2-4,7,13-14,18H,5-6,8-11H2,1H3/t13-,14-/m0/s1. The first-order valence-corrected chi connectivity index (χ1v) is 6.92. The summed E-state index contributed by atoms with van der Waals surface area (Å²) >= 11 is 0. The molecule has 1 aromatic rings. The zero-order chi connectivity index (χ0) is 14.4. The fraction of sp³-hybridized carbons (Fsp3) is 0.600. The Morgan fingerprint density at radius 1 is 1.40 bits per heavy atom. The number of aliphatic hydroxyl groups is 1. The van der Waals surface area contributed by atoms with Crippen LogP contribution in [0.25, 0.3) is 0 Å². The number of halogens is 1. The third kappa shape index (κ3) is 4.16. The predicted molar refractivity (Wildman–Crippen MR) is 74.6 cm³/mol. The average molecular weight is 283 g/mol. The van der Waals surface area contributed by atoms with Gasteiger partial charge in [0.15, 0.2) is 0 Å². The van der Waals surface area contributed by atoms with Crippen molar-refractivity contribution in [2.24, 2.45) is 0 Å². The number of likely N-dealkylation sites (tertiary alicyclic amines) is 1. The molecule has 0 aliphatic carbocycles. The SMILES string of the molecule is COCCOc1cccc(CN2C[C@@H](F)C[C@H]2CO)c1. The molecule has 1 aliphatic rings. The Kier molecular flexibility index (Phi) is 5.76. The van der Waals surface area contributed by atoms with Crippen molar-refractivity contribution in [1.29, 1.82) is 0 Å². The van der Waals surface area contributed by atoms with Crippen molar-refractivity contribution in [3.8, 4) is 5.75 Å². The van der Waals surface area contributed by atoms with Crippen LogP contribution in [0.2, 0.25) is 0 Å². The maximum absolute atomic E-state index is 13.4. The molecule has 4 nitrogen and oxygen atoms in total. The van der Waals surface area contributed by atoms with Crippen LogP contribution in [0.5, 0.6) is 5.75 Å². The van der Waals surface area contributed by atoms with E-state index >= 15 is 0 Å². The lowest BCUT2D eigenvalue weighted by Crippen LogP contribution is -2.31. The summed E-state index contributed by atoms with van der Waals surface area (Å²) in [5.74, 6) is 0.788. The molecule has 1 aliphatic heterocycles. The summed E-state index contributed by atoms with van der Waals surface area (Å²) in [7, 11) is 1.63. The number of aliphatic hydroxyl groups excluding tert-OH is 1. The molecule has 1 saturated heterocycles. The van der Waals surface area contributed by atoms with Crippen LogP contribution >= 0.6 is 0 Å². The van der Waals surface area contributed by atoms with Gasteiger partial charge in [-0.2, -0.15) is 0 Å². The number of nitrogens with zero attached hydrogens (tertiary/aromatic N) is 1. The number of methoxy groups -OCH3 is 1. The number of hydrogen-bond donors (Lipinski definition) is 1. The number of alkyl halides is 1. The van der Waals surface area contributed by atoms with Crippen molar-refractivity contribution in [2.45, 2.75) is 25.2 Å². The molecule has 112 valence electrons. The molecule has 0 spiro atoms. The molecule has 1 fully saturated rings. The minimum atomic E-state index is -0.840. The summed E-state index contributed by atoms with van der Waals surface area (Å²) in [6.07, 6.45) is -0.422. The Hall–Kier alpha value is -1.17. The Labute approximate surface area is 119 Å². The van der Waals surface area contributed by atoms with E-state index in [0.29, 0.717) is 32.7 Å². The lowest BCUT2D eigenvalue weighted by molar-refractivity contribution is 0.145. The van der Waals surface area contributed by atoms with Crippen molar-refractivity contribution in [3.63, 3.8) is 0 Å². The quantitative estimate of drug-likeness (QED) is 0.772. The van der Waals surface area contributed by atoms with Crippen LogP contribution in [-0.4, -0.2) is 55.7 Å². The Morgan fingerprint density at radius 3 is 3.00 bits per heavy atom. The molecule has 5 heteroatoms. The minimum absolute atomic E-state index is 0.00441. The van der Waals surface area contributed by atoms with Crippen molar-refractivity contribution in [2.75, 3.05) is 33.5 Å². The van der Waals surface area contributed by atoms with Gasteiger partial charge in [0.1, 0.15) is 18.5 Å². The van der Waals surface area contributed by atoms with E-state index in [2.05, 4.69) is 0 Å². The van der Waals surface area contributed by atoms with E-state index in [1.54, 1.807) is 7.11 Å². The van der Waals surface area contributed by atoms with Gasteiger partial charge in [-0.05, 0) is 24.1 Å². The maximum Gasteiger partial charge on any atom is 0.119 e. The minimum Gasteiger partial charge on any atom is -0.491 e. The highest BCUT2D eigenvalue weighted by atomic mass is 19.1. The van der Waals surface area contributed by atoms with Gasteiger partial charge in [-0.3, -0.25) is 4.90 Å². The summed E-state index contributed by atoms with van der Waals surface area (Å²) in [6, 6.07) is 7.68. The van der Waals surface area contributed by atoms with Crippen LogP contribution in [0, 0.1) is 0 Å². The third-order valence-electron chi connectivity index (χ3n) is 3.53. The summed E-state index contributed by atoms with van der Waals surface area (Å²) in [4.78, 5) is 1.99. The molecule has 20 heavy (non-hydrogen) atoms. The molecule has 0 bridgehead atoms. The summed E-state index contributed by atoms with van der Waals surface area (Å²) < 4.78 is 23.9. The molecule has 0 radical (unpaired) electrons. The number of hydrogen-bond acceptors (Lipinski definition) is 4. The van der Waals surface area contributed by atoms with E-state index in [4.69, 9.17) is 9.47 Å². The molecule has 0 saturated carbocycles. The second kappa shape index (κ2) is 7.57. The second-order valence-electron chi connectivity index (χ2n) is 5.09. The highest BCUT2D eigenvalue weighted by molar-refractivity contribution is 5.28. The van der Waals surface area contributed by atoms with Crippen molar-refractivity contribution in [3.05, 3.63) is 29.8 Å². The Bertz CT molecular complexity index is 416. The molecular weight excluding hydrogens is 261 g/mol. The van der Waals surface area contributed by atoms with E-state index in [0.717, 1.165) is 11.3 Å². The van der Waals surface area contributed by atoms with E-state index < -0.39 is 6.17 Å². The molecule has 0 aromatic heterocycles. The molecule has 2 rings (SSSR count). The van der Waals surface area contributed by atoms with Crippen molar-refractivity contribution >= 4 is 0 Å². The lowest BCUT2D eigenvalue weighted by Gasteiger charge is -2.22. The molecule has 1 aromatic carbocycles. The average Bonchev–Trinajstić information content (AvgIpc) is 2.79. The molecular formula is C15H22FNO3. The van der Waals surface area contributed by atoms with Gasteiger partial charge in [-0.25, -0.2) is 4.39 Å². The van der Waals surface area contributed by atoms with Crippen LogP contribution in [0.15, 0.2) is 24.3 Å². The topological polar surface area (TPSA) is 41.9 Å². The van der Waals surface area contributed by atoms with E-state index in [-0.39, 0.29) is 12.6 Å². The van der Waals surface area contributed by atoms with E-state index in [9.17, 15) is 9.50 Å². The second-order valence-corrected chi connectivity index (χ2v) is 5.09. The van der Waals surface area contributed by atoms with E-state index in [1.807, 2.05) is 29.2 Å². The van der Waals surface area contributed by atoms with Gasteiger partial charge >= 0.3 is 0 Å². The van der Waals surface area contributed by atoms with Crippen LogP contribution in [0.4, 0.5) is 4.39 Å². The lowest BCUT2D eigenvalue weighted by atomic mass is 10.2. The maximum atomic E-state index is 13.4. The number of ether oxygens (including phenoxy) is 2. The third-order valence-corrected chi connectivity index (χ3v) is 3.53. The normalized spacial score (nSPS) is 23.1. The monoisotopic (exact) mass is 283 g/mol. The highest BCUT2D eigenvalue weighted by Gasteiger charge is 2.31. The van der Waals surface area contributed by atoms with Crippen molar-refractivity contribution in [1.82, 2.24) is 4.90 Å². The fourth-order valence-electron chi connectivity index (χ4n) is 2.52. The summed E-state index contributed by atoms with van der Waals surface area (Å²) in [5.41, 5.74) is 1.06. The van der Waals surface area contributed by atoms with Gasteiger partial charge in [0.05, 0.1) is 13.2 Å². The van der Waals surface area contributed by atoms with Gasteiger partial charge in [0.2, 0.25) is 0 Å². The fourth-order valence-corrected chi connectivity index (χ4v) is 2.52. The first-order valence-electron chi connectivity index (χ1n) is 6.92. The molecule has 1 heterocycles. The Balaban J connectivity index is 1.93. The largest absolute Gasteiger partial charge is 0.491 e. The van der Waals surface area contributed by atoms with Gasteiger partial charge in [0.25, 0.3) is 0 Å². The zero-order valence-corrected chi connectivity index (χ0v) is 11.8. The Morgan fingerprint density at radius 2 is 2.25 bits per heavy atom. The van der Waals surface area contributed by atoms with E-state index in [1.165, 1.54) is 0 Å². The van der Waals surface area contributed by atoms with Gasteiger partial charge in [-0.15, -0.1) is 0 Å². The molecule has 0 unspecified atom stereocenters. The first-order chi connectivity index (χ1) is 9.72. The number of rotatable bonds is 7. The molecule has 1 N–H and O–H groups in total. The molecule has 2 atom stereocenters. The van der Waals surface area contributed by atoms with Crippen LogP contribution in [0.1, 0.15) is 12.0 Å². The van der Waals surface area contributed by atoms with Crippen molar-refractivity contribution < 1.29 is 19.0 Å². The summed E-state index contributed by atoms with van der Waals surface area (Å²) in [6.45, 7) is 2.08. The zero-order valence-electron chi connectivity index (χ0n) is 11.8. The smallest absolute Gasteiger partial charge is 0.119 e. The summed E-state index contributed by atoms with van der Waals surface area (Å²) in [5, 5.41) is 9.28. The van der Waals surface area contributed by atoms with Crippen LogP contribution < -0.4 is 4.74 Å². The van der Waals surface area contributed by atoms with Gasteiger partial charge in [-0.1, -0.05) is 12.1 Å². The molecule has 0 amide bonds. The number of benzene rings is 1. The van der Waals surface area contributed by atoms with Gasteiger partial charge in [0, 0.05) is 26.2 Å².